The molecule has 14 nitrogen and oxygen atoms in total. The highest BCUT2D eigenvalue weighted by atomic mass is 16.4. The van der Waals surface area contributed by atoms with Crippen LogP contribution in [0.2, 0.25) is 0 Å². The summed E-state index contributed by atoms with van der Waals surface area (Å²) in [6.07, 6.45) is -14.7. The molecule has 0 radical (unpaired) electrons. The molecule has 0 aliphatic rings. The Balaban J connectivity index is 0. The van der Waals surface area contributed by atoms with E-state index in [0.29, 0.717) is 0 Å². The molecule has 26 heavy (non-hydrogen) atoms. The van der Waals surface area contributed by atoms with Gasteiger partial charge in [-0.2, -0.15) is 0 Å². The second-order valence-corrected chi connectivity index (χ2v) is 5.16. The molecule has 2 amide bonds. The van der Waals surface area contributed by atoms with Crippen LogP contribution in [0, 0.1) is 0 Å². The van der Waals surface area contributed by atoms with E-state index >= 15 is 0 Å². The fourth-order valence-corrected chi connectivity index (χ4v) is 1.38. The maximum atomic E-state index is 10.3. The Labute approximate surface area is 147 Å². The van der Waals surface area contributed by atoms with E-state index in [4.69, 9.17) is 51.1 Å². The van der Waals surface area contributed by atoms with Gasteiger partial charge < -0.3 is 62.5 Å². The number of amides is 2. The van der Waals surface area contributed by atoms with E-state index in [1.165, 1.54) is 0 Å². The minimum atomic E-state index is -1.98. The lowest BCUT2D eigenvalue weighted by molar-refractivity contribution is -0.146. The largest absolute Gasteiger partial charge is 0.394 e. The van der Waals surface area contributed by atoms with Crippen LogP contribution in [0.1, 0.15) is 0 Å². The molecule has 0 aliphatic carbocycles. The zero-order chi connectivity index (χ0) is 21.2. The summed E-state index contributed by atoms with van der Waals surface area (Å²) in [5.74, 6) is -2.45. The van der Waals surface area contributed by atoms with Gasteiger partial charge in [-0.1, -0.05) is 0 Å². The topological polar surface area (TPSA) is 288 Å². The smallest absolute Gasteiger partial charge is 0.249 e. The zero-order valence-corrected chi connectivity index (χ0v) is 13.5. The number of carbonyl (C=O) groups excluding carboxylic acids is 2. The van der Waals surface area contributed by atoms with Crippen molar-refractivity contribution in [2.75, 3.05) is 13.2 Å². The number of nitrogens with two attached hydrogens (primary N) is 2. The average molecular weight is 390 g/mol. The first-order valence-electron chi connectivity index (χ1n) is 7.08. The molecule has 0 rings (SSSR count). The van der Waals surface area contributed by atoms with Gasteiger partial charge in [-0.25, -0.2) is 0 Å². The highest BCUT2D eigenvalue weighted by Gasteiger charge is 2.33. The molecule has 0 unspecified atom stereocenters. The van der Waals surface area contributed by atoms with E-state index in [1.807, 2.05) is 0 Å². The maximum absolute atomic E-state index is 10.3. The second kappa shape index (κ2) is 12.8. The summed E-state index contributed by atoms with van der Waals surface area (Å²) in [5, 5.41) is 87.9. The van der Waals surface area contributed by atoms with Gasteiger partial charge in [0.25, 0.3) is 0 Å². The van der Waals surface area contributed by atoms with E-state index < -0.39 is 73.9 Å². The molecule has 8 atom stereocenters. The maximum Gasteiger partial charge on any atom is 0.249 e. The van der Waals surface area contributed by atoms with Gasteiger partial charge in [0.2, 0.25) is 11.8 Å². The van der Waals surface area contributed by atoms with Gasteiger partial charge in [0.15, 0.2) is 12.2 Å². The van der Waals surface area contributed by atoms with Crippen molar-refractivity contribution in [3.05, 3.63) is 0 Å². The van der Waals surface area contributed by atoms with Crippen molar-refractivity contribution >= 4 is 11.8 Å². The zero-order valence-electron chi connectivity index (χ0n) is 13.5. The Morgan fingerprint density at radius 2 is 0.808 bits per heavy atom. The van der Waals surface area contributed by atoms with Crippen molar-refractivity contribution < 1.29 is 60.7 Å². The van der Waals surface area contributed by atoms with Crippen molar-refractivity contribution in [2.24, 2.45) is 11.5 Å². The number of aliphatic hydroxyl groups is 10. The van der Waals surface area contributed by atoms with Crippen LogP contribution in [0.3, 0.4) is 0 Å². The van der Waals surface area contributed by atoms with Crippen LogP contribution in [0.15, 0.2) is 0 Å². The van der Waals surface area contributed by atoms with Crippen LogP contribution < -0.4 is 11.5 Å². The van der Waals surface area contributed by atoms with Crippen molar-refractivity contribution in [1.82, 2.24) is 0 Å². The number of aliphatic hydroxyl groups excluding tert-OH is 10. The molecule has 0 aromatic heterocycles. The molecular formula is C12H26N2O12. The fourth-order valence-electron chi connectivity index (χ4n) is 1.38. The Morgan fingerprint density at radius 3 is 0.962 bits per heavy atom. The lowest BCUT2D eigenvalue weighted by Gasteiger charge is -2.23. The predicted octanol–water partition coefficient (Wildman–Crippen LogP) is -8.18. The SMILES string of the molecule is NC(=O)[C@H](O)[C@@H](O)[C@H](O)[C@H](O)CO.NC(=O)[C@H](O)[C@@H](O)[C@H](O)[C@H](O)CO. The van der Waals surface area contributed by atoms with Crippen LogP contribution in [0.25, 0.3) is 0 Å². The molecule has 0 aromatic carbocycles. The second-order valence-electron chi connectivity index (χ2n) is 5.16. The Morgan fingerprint density at radius 1 is 0.577 bits per heavy atom. The monoisotopic (exact) mass is 390 g/mol. The number of rotatable bonds is 10. The molecule has 0 aliphatic heterocycles. The van der Waals surface area contributed by atoms with Gasteiger partial charge in [0.05, 0.1) is 13.2 Å². The van der Waals surface area contributed by atoms with Crippen molar-refractivity contribution in [1.29, 1.82) is 0 Å². The lowest BCUT2D eigenvalue weighted by atomic mass is 10.0. The predicted molar refractivity (Wildman–Crippen MR) is 80.6 cm³/mol. The fraction of sp³-hybridized carbons (Fsp3) is 0.833. The third-order valence-electron chi connectivity index (χ3n) is 3.09. The highest BCUT2D eigenvalue weighted by Crippen LogP contribution is 2.05. The first-order valence-corrected chi connectivity index (χ1v) is 7.08. The number of primary amides is 2. The Kier molecular flexibility index (Phi) is 13.2. The van der Waals surface area contributed by atoms with Crippen LogP contribution in [0.4, 0.5) is 0 Å². The van der Waals surface area contributed by atoms with Crippen molar-refractivity contribution in [3.8, 4) is 0 Å². The van der Waals surface area contributed by atoms with E-state index in [0.717, 1.165) is 0 Å². The van der Waals surface area contributed by atoms with E-state index in [-0.39, 0.29) is 0 Å². The van der Waals surface area contributed by atoms with Crippen molar-refractivity contribution in [3.63, 3.8) is 0 Å². The quantitative estimate of drug-likeness (QED) is 0.165. The first kappa shape index (κ1) is 26.8. The molecule has 0 heterocycles. The summed E-state index contributed by atoms with van der Waals surface area (Å²) in [4.78, 5) is 20.6. The van der Waals surface area contributed by atoms with Crippen LogP contribution in [-0.2, 0) is 9.59 Å². The van der Waals surface area contributed by atoms with Gasteiger partial charge in [0, 0.05) is 0 Å². The van der Waals surface area contributed by atoms with Crippen LogP contribution in [0.5, 0.6) is 0 Å². The first-order chi connectivity index (χ1) is 11.8. The number of hydrogen-bond acceptors (Lipinski definition) is 12. The number of hydrogen-bond donors (Lipinski definition) is 12. The molecule has 0 saturated carbocycles. The lowest BCUT2D eigenvalue weighted by Crippen LogP contribution is -2.50. The summed E-state index contributed by atoms with van der Waals surface area (Å²) in [5.41, 5.74) is 9.22. The Bertz CT molecular complexity index is 387. The molecule has 14 heteroatoms. The molecule has 0 fully saturated rings. The molecule has 156 valence electrons. The van der Waals surface area contributed by atoms with Crippen molar-refractivity contribution in [2.45, 2.75) is 48.8 Å². The summed E-state index contributed by atoms with van der Waals surface area (Å²) < 4.78 is 0. The van der Waals surface area contributed by atoms with Gasteiger partial charge >= 0.3 is 0 Å². The number of carbonyl (C=O) groups is 2. The standard InChI is InChI=1S/2C6H13NO6/c2*7-6(13)5(12)4(11)3(10)2(9)1-8/h2*2-5,8-12H,1H2,(H2,7,13)/t2*2-,3-,4+,5-/m11/s1. The minimum Gasteiger partial charge on any atom is -0.394 e. The minimum absolute atomic E-state index is 0.802. The van der Waals surface area contributed by atoms with Crippen LogP contribution in [-0.4, -0.2) is 125 Å². The molecule has 0 saturated heterocycles. The van der Waals surface area contributed by atoms with Gasteiger partial charge in [-0.15, -0.1) is 0 Å². The third kappa shape index (κ3) is 8.77. The summed E-state index contributed by atoms with van der Waals surface area (Å²) >= 11 is 0. The van der Waals surface area contributed by atoms with E-state index in [1.54, 1.807) is 0 Å². The molecule has 0 bridgehead atoms. The molecular weight excluding hydrogens is 364 g/mol. The summed E-state index contributed by atoms with van der Waals surface area (Å²) in [6.45, 7) is -1.60. The van der Waals surface area contributed by atoms with E-state index in [9.17, 15) is 9.59 Å². The third-order valence-corrected chi connectivity index (χ3v) is 3.09. The average Bonchev–Trinajstić information content (AvgIpc) is 2.62. The van der Waals surface area contributed by atoms with Gasteiger partial charge in [-0.05, 0) is 0 Å². The van der Waals surface area contributed by atoms with E-state index in [2.05, 4.69) is 11.5 Å². The Hall–Kier alpha value is -1.46. The van der Waals surface area contributed by atoms with Gasteiger partial charge in [-0.3, -0.25) is 9.59 Å². The molecule has 0 spiro atoms. The summed E-state index contributed by atoms with van der Waals surface area (Å²) in [6, 6.07) is 0. The van der Waals surface area contributed by atoms with Gasteiger partial charge in [0.1, 0.15) is 36.6 Å². The summed E-state index contributed by atoms with van der Waals surface area (Å²) in [7, 11) is 0. The highest BCUT2D eigenvalue weighted by molar-refractivity contribution is 5.79. The van der Waals surface area contributed by atoms with Crippen LogP contribution >= 0.6 is 0 Å². The normalized spacial score (nSPS) is 20.4. The molecule has 0 aromatic rings. The molecule has 14 N–H and O–H groups in total.